The summed E-state index contributed by atoms with van der Waals surface area (Å²) in [7, 11) is 1.83. The van der Waals surface area contributed by atoms with Gasteiger partial charge in [0.05, 0.1) is 4.83 Å². The number of hydrogen-bond donors (Lipinski definition) is 0. The maximum atomic E-state index is 11.7. The summed E-state index contributed by atoms with van der Waals surface area (Å²) in [5.74, 6) is 1.03. The van der Waals surface area contributed by atoms with E-state index in [9.17, 15) is 4.79 Å². The molecule has 0 saturated heterocycles. The van der Waals surface area contributed by atoms with Crippen molar-refractivity contribution in [1.82, 2.24) is 0 Å². The third kappa shape index (κ3) is 2.44. The van der Waals surface area contributed by atoms with E-state index in [-0.39, 0.29) is 10.7 Å². The molecule has 1 amide bonds. The van der Waals surface area contributed by atoms with Crippen molar-refractivity contribution in [2.75, 3.05) is 11.9 Å². The van der Waals surface area contributed by atoms with E-state index < -0.39 is 0 Å². The molecular formula is C15H13Br2NO2. The molecule has 1 aromatic carbocycles. The molecule has 0 radical (unpaired) electrons. The summed E-state index contributed by atoms with van der Waals surface area (Å²) in [6.07, 6.45) is 1.38. The standard InChI is InChI=1S/C15H13Br2NO2/c1-18-11-4-2-10(8-9(11)3-7-14(18)19)15(17)12-5-6-13(16)20-12/h2,4-6,8,15H,3,7H2,1H3. The molecular weight excluding hydrogens is 386 g/mol. The lowest BCUT2D eigenvalue weighted by Gasteiger charge is -2.26. The van der Waals surface area contributed by atoms with E-state index in [1.165, 1.54) is 5.56 Å². The zero-order chi connectivity index (χ0) is 14.3. The summed E-state index contributed by atoms with van der Waals surface area (Å²) in [6, 6.07) is 10.0. The molecule has 3 rings (SSSR count). The van der Waals surface area contributed by atoms with Crippen molar-refractivity contribution < 1.29 is 9.21 Å². The minimum atomic E-state index is 0.0158. The Labute approximate surface area is 134 Å². The van der Waals surface area contributed by atoms with Gasteiger partial charge in [0.1, 0.15) is 5.76 Å². The molecule has 1 aromatic heterocycles. The van der Waals surface area contributed by atoms with E-state index in [2.05, 4.69) is 37.9 Å². The second kappa shape index (κ2) is 5.37. The van der Waals surface area contributed by atoms with Crippen LogP contribution in [-0.4, -0.2) is 13.0 Å². The Morgan fingerprint density at radius 1 is 1.25 bits per heavy atom. The molecule has 1 aliphatic heterocycles. The average molecular weight is 399 g/mol. The van der Waals surface area contributed by atoms with E-state index in [0.717, 1.165) is 28.1 Å². The maximum Gasteiger partial charge on any atom is 0.227 e. The van der Waals surface area contributed by atoms with Crippen molar-refractivity contribution in [1.29, 1.82) is 0 Å². The van der Waals surface area contributed by atoms with Gasteiger partial charge in [-0.3, -0.25) is 4.79 Å². The van der Waals surface area contributed by atoms with Gasteiger partial charge < -0.3 is 9.32 Å². The highest BCUT2D eigenvalue weighted by Crippen LogP contribution is 2.36. The number of aryl methyl sites for hydroxylation is 1. The third-order valence-electron chi connectivity index (χ3n) is 3.58. The number of benzene rings is 1. The van der Waals surface area contributed by atoms with Crippen LogP contribution >= 0.6 is 31.9 Å². The summed E-state index contributed by atoms with van der Waals surface area (Å²) >= 11 is 6.98. The summed E-state index contributed by atoms with van der Waals surface area (Å²) in [4.78, 5) is 13.4. The summed E-state index contributed by atoms with van der Waals surface area (Å²) < 4.78 is 6.31. The number of anilines is 1. The van der Waals surface area contributed by atoms with Crippen LogP contribution in [0.2, 0.25) is 0 Å². The zero-order valence-corrected chi connectivity index (χ0v) is 14.1. The fraction of sp³-hybridized carbons (Fsp3) is 0.267. The molecule has 20 heavy (non-hydrogen) atoms. The lowest BCUT2D eigenvalue weighted by atomic mass is 9.97. The zero-order valence-electron chi connectivity index (χ0n) is 10.9. The van der Waals surface area contributed by atoms with Crippen molar-refractivity contribution in [3.05, 3.63) is 51.9 Å². The Morgan fingerprint density at radius 2 is 2.05 bits per heavy atom. The number of hydrogen-bond acceptors (Lipinski definition) is 2. The van der Waals surface area contributed by atoms with E-state index in [0.29, 0.717) is 6.42 Å². The third-order valence-corrected chi connectivity index (χ3v) is 4.99. The number of amides is 1. The Morgan fingerprint density at radius 3 is 2.75 bits per heavy atom. The first-order valence-corrected chi connectivity index (χ1v) is 8.06. The van der Waals surface area contributed by atoms with Gasteiger partial charge in [0.15, 0.2) is 4.67 Å². The monoisotopic (exact) mass is 397 g/mol. The molecule has 0 bridgehead atoms. The predicted octanol–water partition coefficient (Wildman–Crippen LogP) is 4.44. The normalized spacial score (nSPS) is 16.1. The number of fused-ring (bicyclic) bond motifs is 1. The lowest BCUT2D eigenvalue weighted by molar-refractivity contribution is -0.118. The van der Waals surface area contributed by atoms with Crippen LogP contribution in [0.1, 0.15) is 28.1 Å². The summed E-state index contributed by atoms with van der Waals surface area (Å²) in [5.41, 5.74) is 3.35. The molecule has 0 spiro atoms. The molecule has 104 valence electrons. The van der Waals surface area contributed by atoms with E-state index in [1.807, 2.05) is 31.3 Å². The van der Waals surface area contributed by atoms with Crippen LogP contribution in [0.5, 0.6) is 0 Å². The molecule has 1 atom stereocenters. The van der Waals surface area contributed by atoms with Gasteiger partial charge in [-0.25, -0.2) is 0 Å². The van der Waals surface area contributed by atoms with E-state index in [1.54, 1.807) is 4.90 Å². The number of carbonyl (C=O) groups excluding carboxylic acids is 1. The van der Waals surface area contributed by atoms with Crippen molar-refractivity contribution in [3.8, 4) is 0 Å². The van der Waals surface area contributed by atoms with E-state index >= 15 is 0 Å². The Balaban J connectivity index is 1.95. The molecule has 0 N–H and O–H groups in total. The number of rotatable bonds is 2. The largest absolute Gasteiger partial charge is 0.453 e. The predicted molar refractivity (Wildman–Crippen MR) is 85.4 cm³/mol. The molecule has 5 heteroatoms. The first-order chi connectivity index (χ1) is 9.56. The van der Waals surface area contributed by atoms with Gasteiger partial charge in [0.25, 0.3) is 0 Å². The number of furan rings is 1. The highest BCUT2D eigenvalue weighted by molar-refractivity contribution is 9.10. The maximum absolute atomic E-state index is 11.7. The van der Waals surface area contributed by atoms with Gasteiger partial charge in [0.2, 0.25) is 5.91 Å². The lowest BCUT2D eigenvalue weighted by Crippen LogP contribution is -2.31. The number of nitrogens with zero attached hydrogens (tertiary/aromatic N) is 1. The van der Waals surface area contributed by atoms with Gasteiger partial charge in [-0.2, -0.15) is 0 Å². The molecule has 1 unspecified atom stereocenters. The topological polar surface area (TPSA) is 33.5 Å². The molecule has 0 saturated carbocycles. The minimum Gasteiger partial charge on any atom is -0.453 e. The second-order valence-corrected chi connectivity index (χ2v) is 6.54. The van der Waals surface area contributed by atoms with Crippen molar-refractivity contribution in [2.24, 2.45) is 0 Å². The van der Waals surface area contributed by atoms with Gasteiger partial charge in [-0.05, 0) is 51.7 Å². The molecule has 3 nitrogen and oxygen atoms in total. The highest BCUT2D eigenvalue weighted by atomic mass is 79.9. The van der Waals surface area contributed by atoms with Crippen LogP contribution in [0.4, 0.5) is 5.69 Å². The number of alkyl halides is 1. The molecule has 0 fully saturated rings. The van der Waals surface area contributed by atoms with Crippen LogP contribution in [0, 0.1) is 0 Å². The van der Waals surface area contributed by atoms with Crippen LogP contribution in [0.15, 0.2) is 39.4 Å². The van der Waals surface area contributed by atoms with Crippen molar-refractivity contribution in [2.45, 2.75) is 17.7 Å². The van der Waals surface area contributed by atoms with Gasteiger partial charge in [-0.15, -0.1) is 0 Å². The Kier molecular flexibility index (Phi) is 3.73. The van der Waals surface area contributed by atoms with Gasteiger partial charge in [-0.1, -0.05) is 28.1 Å². The fourth-order valence-electron chi connectivity index (χ4n) is 2.46. The highest BCUT2D eigenvalue weighted by Gasteiger charge is 2.22. The number of carbonyl (C=O) groups is 1. The second-order valence-electron chi connectivity index (χ2n) is 4.85. The first kappa shape index (κ1) is 13.9. The SMILES string of the molecule is CN1C(=O)CCc2cc(C(Br)c3ccc(Br)o3)ccc21. The first-order valence-electron chi connectivity index (χ1n) is 6.35. The molecule has 1 aliphatic rings. The van der Waals surface area contributed by atoms with Gasteiger partial charge in [0, 0.05) is 19.2 Å². The quantitative estimate of drug-likeness (QED) is 0.701. The summed E-state index contributed by atoms with van der Waals surface area (Å²) in [6.45, 7) is 0. The van der Waals surface area contributed by atoms with Crippen LogP contribution < -0.4 is 4.90 Å². The fourth-order valence-corrected chi connectivity index (χ4v) is 3.31. The van der Waals surface area contributed by atoms with Crippen molar-refractivity contribution in [3.63, 3.8) is 0 Å². The van der Waals surface area contributed by atoms with Crippen LogP contribution in [0.3, 0.4) is 0 Å². The minimum absolute atomic E-state index is 0.0158. The van der Waals surface area contributed by atoms with E-state index in [4.69, 9.17) is 4.42 Å². The smallest absolute Gasteiger partial charge is 0.227 e. The van der Waals surface area contributed by atoms with Crippen molar-refractivity contribution >= 4 is 43.5 Å². The molecule has 2 aromatic rings. The van der Waals surface area contributed by atoms with Crippen LogP contribution in [-0.2, 0) is 11.2 Å². The summed E-state index contributed by atoms with van der Waals surface area (Å²) in [5, 5.41) is 0. The average Bonchev–Trinajstić information content (AvgIpc) is 2.88. The van der Waals surface area contributed by atoms with Gasteiger partial charge >= 0.3 is 0 Å². The Bertz CT molecular complexity index is 666. The molecule has 2 heterocycles. The van der Waals surface area contributed by atoms with Crippen LogP contribution in [0.25, 0.3) is 0 Å². The molecule has 0 aliphatic carbocycles. The number of halogens is 2. The Hall–Kier alpha value is -1.07.